The maximum absolute atomic E-state index is 12.0. The molecule has 2 unspecified atom stereocenters. The van der Waals surface area contributed by atoms with Crippen LogP contribution in [-0.2, 0) is 4.79 Å². The van der Waals surface area contributed by atoms with Gasteiger partial charge in [-0.2, -0.15) is 13.2 Å². The lowest BCUT2D eigenvalue weighted by Crippen LogP contribution is -2.51. The van der Waals surface area contributed by atoms with E-state index in [2.05, 4.69) is 0 Å². The van der Waals surface area contributed by atoms with Crippen molar-refractivity contribution in [3.05, 3.63) is 0 Å². The third kappa shape index (κ3) is 5.02. The molecule has 1 aliphatic rings. The van der Waals surface area contributed by atoms with E-state index in [1.165, 1.54) is 4.90 Å². The number of rotatable bonds is 3. The first-order valence-electron chi connectivity index (χ1n) is 5.91. The summed E-state index contributed by atoms with van der Waals surface area (Å²) >= 11 is 0. The first-order valence-corrected chi connectivity index (χ1v) is 5.91. The fourth-order valence-corrected chi connectivity index (χ4v) is 2.31. The van der Waals surface area contributed by atoms with Crippen molar-refractivity contribution < 1.29 is 18.0 Å². The molecule has 2 N–H and O–H groups in total. The summed E-state index contributed by atoms with van der Waals surface area (Å²) in [6, 6.07) is -0.107. The number of nitrogens with zero attached hydrogens (tertiary/aromatic N) is 1. The fraction of sp³-hybridized carbons (Fsp3) is 0.909. The summed E-state index contributed by atoms with van der Waals surface area (Å²) < 4.78 is 36.1. The van der Waals surface area contributed by atoms with E-state index in [0.29, 0.717) is 13.1 Å². The maximum Gasteiger partial charge on any atom is 0.389 e. The van der Waals surface area contributed by atoms with Crippen LogP contribution < -0.4 is 5.73 Å². The number of halogens is 4. The zero-order valence-electron chi connectivity index (χ0n) is 10.4. The van der Waals surface area contributed by atoms with Crippen molar-refractivity contribution in [1.29, 1.82) is 0 Å². The predicted octanol–water partition coefficient (Wildman–Crippen LogP) is 2.34. The maximum atomic E-state index is 12.0. The van der Waals surface area contributed by atoms with Crippen LogP contribution in [-0.4, -0.2) is 36.1 Å². The molecule has 0 bridgehead atoms. The van der Waals surface area contributed by atoms with Crippen LogP contribution in [0, 0.1) is 5.92 Å². The molecule has 0 aliphatic carbocycles. The molecule has 0 aromatic carbocycles. The molecule has 7 heteroatoms. The SMILES string of the molecule is CC1CCCN(C(=O)CCC(F)(F)F)C1CN.Cl. The van der Waals surface area contributed by atoms with Crippen LogP contribution in [0.15, 0.2) is 0 Å². The smallest absolute Gasteiger partial charge is 0.338 e. The average molecular weight is 289 g/mol. The van der Waals surface area contributed by atoms with Crippen molar-refractivity contribution in [3.63, 3.8) is 0 Å². The Kier molecular flexibility index (Phi) is 6.99. The summed E-state index contributed by atoms with van der Waals surface area (Å²) in [4.78, 5) is 13.3. The van der Waals surface area contributed by atoms with Crippen LogP contribution in [0.2, 0.25) is 0 Å². The highest BCUT2D eigenvalue weighted by Crippen LogP contribution is 2.26. The standard InChI is InChI=1S/C11H19F3N2O.ClH/c1-8-3-2-6-16(9(8)7-15)10(17)4-5-11(12,13)14;/h8-9H,2-7,15H2,1H3;1H. The van der Waals surface area contributed by atoms with Crippen LogP contribution in [0.3, 0.4) is 0 Å². The van der Waals surface area contributed by atoms with E-state index >= 15 is 0 Å². The van der Waals surface area contributed by atoms with E-state index in [1.54, 1.807) is 0 Å². The van der Waals surface area contributed by atoms with Gasteiger partial charge in [0.05, 0.1) is 6.42 Å². The second-order valence-corrected chi connectivity index (χ2v) is 4.62. The van der Waals surface area contributed by atoms with Gasteiger partial charge in [-0.25, -0.2) is 0 Å². The molecule has 0 aromatic rings. The molecule has 1 rings (SSSR count). The molecule has 3 nitrogen and oxygen atoms in total. The molecule has 1 heterocycles. The second kappa shape index (κ2) is 7.19. The number of nitrogens with two attached hydrogens (primary N) is 1. The van der Waals surface area contributed by atoms with Gasteiger partial charge in [-0.3, -0.25) is 4.79 Å². The van der Waals surface area contributed by atoms with E-state index in [9.17, 15) is 18.0 Å². The Morgan fingerprint density at radius 3 is 2.56 bits per heavy atom. The summed E-state index contributed by atoms with van der Waals surface area (Å²) in [6.07, 6.45) is -3.96. The molecule has 0 radical (unpaired) electrons. The number of carbonyl (C=O) groups excluding carboxylic acids is 1. The monoisotopic (exact) mass is 288 g/mol. The summed E-state index contributed by atoms with van der Waals surface area (Å²) in [7, 11) is 0. The molecule has 0 saturated carbocycles. The molecule has 18 heavy (non-hydrogen) atoms. The van der Waals surface area contributed by atoms with Gasteiger partial charge in [0.25, 0.3) is 0 Å². The number of hydrogen-bond acceptors (Lipinski definition) is 2. The van der Waals surface area contributed by atoms with Crippen LogP contribution in [0.25, 0.3) is 0 Å². The largest absolute Gasteiger partial charge is 0.389 e. The van der Waals surface area contributed by atoms with Crippen molar-refractivity contribution in [2.45, 2.75) is 44.8 Å². The summed E-state index contributed by atoms with van der Waals surface area (Å²) in [5, 5.41) is 0. The number of amides is 1. The van der Waals surface area contributed by atoms with Gasteiger partial charge in [0.2, 0.25) is 5.91 Å². The molecular formula is C11H20ClF3N2O. The van der Waals surface area contributed by atoms with Gasteiger partial charge in [0, 0.05) is 25.6 Å². The molecule has 1 fully saturated rings. The van der Waals surface area contributed by atoms with Gasteiger partial charge in [-0.15, -0.1) is 12.4 Å². The minimum Gasteiger partial charge on any atom is -0.338 e. The highest BCUT2D eigenvalue weighted by molar-refractivity contribution is 5.85. The predicted molar refractivity (Wildman–Crippen MR) is 65.5 cm³/mol. The van der Waals surface area contributed by atoms with Crippen molar-refractivity contribution in [1.82, 2.24) is 4.90 Å². The van der Waals surface area contributed by atoms with E-state index in [1.807, 2.05) is 6.92 Å². The Hall–Kier alpha value is -0.490. The zero-order valence-corrected chi connectivity index (χ0v) is 11.2. The second-order valence-electron chi connectivity index (χ2n) is 4.62. The summed E-state index contributed by atoms with van der Waals surface area (Å²) in [5.41, 5.74) is 5.59. The number of hydrogen-bond donors (Lipinski definition) is 1. The Bertz CT molecular complexity index is 274. The number of piperidine rings is 1. The zero-order chi connectivity index (χ0) is 13.1. The van der Waals surface area contributed by atoms with Crippen LogP contribution in [0.1, 0.15) is 32.6 Å². The molecular weight excluding hydrogens is 269 g/mol. The molecule has 1 amide bonds. The molecule has 0 spiro atoms. The van der Waals surface area contributed by atoms with Gasteiger partial charge in [-0.1, -0.05) is 6.92 Å². The third-order valence-electron chi connectivity index (χ3n) is 3.30. The minimum absolute atomic E-state index is 0. The van der Waals surface area contributed by atoms with Gasteiger partial charge in [0.1, 0.15) is 0 Å². The normalized spacial score (nSPS) is 24.6. The Morgan fingerprint density at radius 1 is 1.44 bits per heavy atom. The minimum atomic E-state index is -4.27. The Labute approximate surface area is 111 Å². The van der Waals surface area contributed by atoms with E-state index in [4.69, 9.17) is 5.73 Å². The first-order chi connectivity index (χ1) is 7.85. The Morgan fingerprint density at radius 2 is 2.06 bits per heavy atom. The van der Waals surface area contributed by atoms with Crippen LogP contribution in [0.5, 0.6) is 0 Å². The van der Waals surface area contributed by atoms with E-state index < -0.39 is 24.9 Å². The fourth-order valence-electron chi connectivity index (χ4n) is 2.31. The molecule has 1 aliphatic heterocycles. The van der Waals surface area contributed by atoms with Gasteiger partial charge >= 0.3 is 6.18 Å². The van der Waals surface area contributed by atoms with E-state index in [0.717, 1.165) is 12.8 Å². The van der Waals surface area contributed by atoms with Gasteiger partial charge in [0.15, 0.2) is 0 Å². The number of likely N-dealkylation sites (tertiary alicyclic amines) is 1. The van der Waals surface area contributed by atoms with Crippen molar-refractivity contribution in [2.24, 2.45) is 11.7 Å². The highest BCUT2D eigenvalue weighted by atomic mass is 35.5. The lowest BCUT2D eigenvalue weighted by atomic mass is 9.90. The summed E-state index contributed by atoms with van der Waals surface area (Å²) in [5.74, 6) is -0.159. The first kappa shape index (κ1) is 17.5. The van der Waals surface area contributed by atoms with E-state index in [-0.39, 0.29) is 24.4 Å². The number of carbonyl (C=O) groups is 1. The van der Waals surface area contributed by atoms with Crippen molar-refractivity contribution in [2.75, 3.05) is 13.1 Å². The third-order valence-corrected chi connectivity index (χ3v) is 3.30. The van der Waals surface area contributed by atoms with Crippen molar-refractivity contribution in [3.8, 4) is 0 Å². The highest BCUT2D eigenvalue weighted by Gasteiger charge is 2.33. The van der Waals surface area contributed by atoms with Gasteiger partial charge < -0.3 is 10.6 Å². The van der Waals surface area contributed by atoms with Gasteiger partial charge in [-0.05, 0) is 18.8 Å². The molecule has 108 valence electrons. The van der Waals surface area contributed by atoms with Crippen molar-refractivity contribution >= 4 is 18.3 Å². The summed E-state index contributed by atoms with van der Waals surface area (Å²) in [6.45, 7) is 2.84. The Balaban J connectivity index is 0.00000289. The van der Waals surface area contributed by atoms with Crippen LogP contribution >= 0.6 is 12.4 Å². The molecule has 1 saturated heterocycles. The average Bonchev–Trinajstić information content (AvgIpc) is 2.24. The topological polar surface area (TPSA) is 46.3 Å². The van der Waals surface area contributed by atoms with Crippen LogP contribution in [0.4, 0.5) is 13.2 Å². The molecule has 2 atom stereocenters. The lowest BCUT2D eigenvalue weighted by molar-refractivity contribution is -0.151. The quantitative estimate of drug-likeness (QED) is 0.866. The molecule has 0 aromatic heterocycles. The lowest BCUT2D eigenvalue weighted by Gasteiger charge is -2.39. The number of alkyl halides is 3.